The van der Waals surface area contributed by atoms with Crippen molar-refractivity contribution < 1.29 is 12.8 Å². The maximum Gasteiger partial charge on any atom is 0.296 e. The molecule has 0 atom stereocenters. The fourth-order valence-corrected chi connectivity index (χ4v) is 2.84. The topological polar surface area (TPSA) is 96.0 Å². The summed E-state index contributed by atoms with van der Waals surface area (Å²) in [4.78, 5) is 3.86. The summed E-state index contributed by atoms with van der Waals surface area (Å²) in [6, 6.07) is 13.3. The van der Waals surface area contributed by atoms with E-state index in [1.54, 1.807) is 30.3 Å². The number of nitrogens with one attached hydrogen (secondary N) is 1. The molecule has 3 aromatic rings. The Balaban J connectivity index is 2.03. The maximum absolute atomic E-state index is 12.3. The molecular formula is C14H9N3O3S. The molecule has 0 saturated heterocycles. The van der Waals surface area contributed by atoms with Crippen molar-refractivity contribution >= 4 is 26.8 Å². The minimum atomic E-state index is -3.94. The van der Waals surface area contributed by atoms with Gasteiger partial charge in [0.15, 0.2) is 5.82 Å². The lowest BCUT2D eigenvalue weighted by molar-refractivity contribution is 0.484. The monoisotopic (exact) mass is 299 g/mol. The highest BCUT2D eigenvalue weighted by Crippen LogP contribution is 2.24. The van der Waals surface area contributed by atoms with E-state index in [9.17, 15) is 8.42 Å². The first kappa shape index (κ1) is 13.1. The van der Waals surface area contributed by atoms with Crippen molar-refractivity contribution in [2.24, 2.45) is 0 Å². The van der Waals surface area contributed by atoms with Crippen LogP contribution in [0.1, 0.15) is 5.56 Å². The van der Waals surface area contributed by atoms with E-state index in [2.05, 4.69) is 9.71 Å². The van der Waals surface area contributed by atoms with Crippen LogP contribution in [-0.4, -0.2) is 13.4 Å². The Labute approximate surface area is 120 Å². The second-order valence-corrected chi connectivity index (χ2v) is 5.83. The molecule has 0 bridgehead atoms. The summed E-state index contributed by atoms with van der Waals surface area (Å²) in [5.74, 6) is -0.0274. The summed E-state index contributed by atoms with van der Waals surface area (Å²) in [5, 5.41) is 9.41. The van der Waals surface area contributed by atoms with Crippen molar-refractivity contribution in [2.45, 2.75) is 5.09 Å². The van der Waals surface area contributed by atoms with Crippen molar-refractivity contribution in [1.82, 2.24) is 4.98 Å². The molecule has 0 unspecified atom stereocenters. The molecule has 0 amide bonds. The number of furan rings is 1. The third kappa shape index (κ3) is 2.44. The third-order valence-corrected chi connectivity index (χ3v) is 4.02. The molecule has 0 aliphatic heterocycles. The molecule has 0 saturated carbocycles. The second-order valence-electron chi connectivity index (χ2n) is 4.22. The van der Waals surface area contributed by atoms with Gasteiger partial charge < -0.3 is 4.42 Å². The van der Waals surface area contributed by atoms with Crippen LogP contribution in [0.2, 0.25) is 0 Å². The van der Waals surface area contributed by atoms with Crippen LogP contribution < -0.4 is 4.72 Å². The van der Waals surface area contributed by atoms with E-state index < -0.39 is 10.0 Å². The zero-order valence-electron chi connectivity index (χ0n) is 10.6. The van der Waals surface area contributed by atoms with Gasteiger partial charge in [-0.25, -0.2) is 4.98 Å². The Morgan fingerprint density at radius 1 is 1.19 bits per heavy atom. The van der Waals surface area contributed by atoms with Gasteiger partial charge in [-0.15, -0.1) is 0 Å². The van der Waals surface area contributed by atoms with Gasteiger partial charge in [-0.3, -0.25) is 4.72 Å². The Morgan fingerprint density at radius 3 is 2.76 bits per heavy atom. The molecule has 21 heavy (non-hydrogen) atoms. The molecule has 0 radical (unpaired) electrons. The fraction of sp³-hybridized carbons (Fsp3) is 0. The molecule has 2 aromatic heterocycles. The zero-order chi connectivity index (χ0) is 14.9. The number of nitriles is 1. The number of sulfonamides is 1. The van der Waals surface area contributed by atoms with E-state index in [1.807, 2.05) is 6.07 Å². The van der Waals surface area contributed by atoms with Gasteiger partial charge in [-0.2, -0.15) is 13.7 Å². The predicted molar refractivity (Wildman–Crippen MR) is 76.0 cm³/mol. The smallest absolute Gasteiger partial charge is 0.296 e. The molecule has 0 fully saturated rings. The summed E-state index contributed by atoms with van der Waals surface area (Å²) in [6.45, 7) is 0. The summed E-state index contributed by atoms with van der Waals surface area (Å²) in [5.41, 5.74) is 0.608. The Bertz CT molecular complexity index is 922. The first-order chi connectivity index (χ1) is 10.1. The molecule has 0 spiro atoms. The number of benzene rings is 1. The third-order valence-electron chi connectivity index (χ3n) is 2.83. The highest BCUT2D eigenvalue weighted by atomic mass is 32.2. The molecule has 7 heteroatoms. The summed E-state index contributed by atoms with van der Waals surface area (Å²) in [7, 11) is -3.94. The lowest BCUT2D eigenvalue weighted by Crippen LogP contribution is -2.14. The lowest BCUT2D eigenvalue weighted by atomic mass is 10.3. The Morgan fingerprint density at radius 2 is 2.00 bits per heavy atom. The van der Waals surface area contributed by atoms with E-state index in [-0.39, 0.29) is 16.5 Å². The number of anilines is 1. The largest absolute Gasteiger partial charge is 0.443 e. The second kappa shape index (κ2) is 4.92. The van der Waals surface area contributed by atoms with Crippen molar-refractivity contribution in [2.75, 3.05) is 4.72 Å². The molecule has 2 heterocycles. The van der Waals surface area contributed by atoms with Gasteiger partial charge in [-0.05, 0) is 18.2 Å². The standard InChI is InChI=1S/C14H9N3O3S/c15-9-11-5-3-7-16-14(11)17-21(18,19)13-8-10-4-1-2-6-12(10)20-13/h1-8H,(H,16,17). The Kier molecular flexibility index (Phi) is 3.08. The molecule has 1 aromatic carbocycles. The number of pyridine rings is 1. The minimum Gasteiger partial charge on any atom is -0.443 e. The molecule has 6 nitrogen and oxygen atoms in total. The number of hydrogen-bond acceptors (Lipinski definition) is 5. The average Bonchev–Trinajstić information content (AvgIpc) is 2.92. The van der Waals surface area contributed by atoms with Gasteiger partial charge in [0.2, 0.25) is 5.09 Å². The Hall–Kier alpha value is -2.85. The van der Waals surface area contributed by atoms with E-state index in [0.717, 1.165) is 0 Å². The molecule has 0 aliphatic carbocycles. The molecule has 1 N–H and O–H groups in total. The predicted octanol–water partition coefficient (Wildman–Crippen LogP) is 2.50. The van der Waals surface area contributed by atoms with Crippen molar-refractivity contribution in [3.8, 4) is 6.07 Å². The molecule has 0 aliphatic rings. The van der Waals surface area contributed by atoms with Crippen LogP contribution in [0.15, 0.2) is 58.2 Å². The fourth-order valence-electron chi connectivity index (χ4n) is 1.84. The number of fused-ring (bicyclic) bond motifs is 1. The van der Waals surface area contributed by atoms with Crippen LogP contribution in [0, 0.1) is 11.3 Å². The van der Waals surface area contributed by atoms with Crippen LogP contribution in [0.3, 0.4) is 0 Å². The van der Waals surface area contributed by atoms with E-state index >= 15 is 0 Å². The number of nitrogens with zero attached hydrogens (tertiary/aromatic N) is 2. The van der Waals surface area contributed by atoms with E-state index in [1.165, 1.54) is 18.3 Å². The number of rotatable bonds is 3. The normalized spacial score (nSPS) is 11.2. The van der Waals surface area contributed by atoms with Crippen molar-refractivity contribution in [3.63, 3.8) is 0 Å². The van der Waals surface area contributed by atoms with E-state index in [4.69, 9.17) is 9.68 Å². The quantitative estimate of drug-likeness (QED) is 0.801. The SMILES string of the molecule is N#Cc1cccnc1NS(=O)(=O)c1cc2ccccc2o1. The van der Waals surface area contributed by atoms with Gasteiger partial charge in [-0.1, -0.05) is 18.2 Å². The number of aromatic nitrogens is 1. The summed E-state index contributed by atoms with van der Waals surface area (Å²) in [6.07, 6.45) is 1.40. The van der Waals surface area contributed by atoms with Crippen LogP contribution in [0.4, 0.5) is 5.82 Å². The lowest BCUT2D eigenvalue weighted by Gasteiger charge is -2.05. The molecule has 3 rings (SSSR count). The summed E-state index contributed by atoms with van der Waals surface area (Å²) < 4.78 is 32.1. The van der Waals surface area contributed by atoms with Crippen molar-refractivity contribution in [3.05, 3.63) is 54.2 Å². The number of hydrogen-bond donors (Lipinski definition) is 1. The van der Waals surface area contributed by atoms with Crippen LogP contribution in [0.5, 0.6) is 0 Å². The van der Waals surface area contributed by atoms with E-state index in [0.29, 0.717) is 11.0 Å². The van der Waals surface area contributed by atoms with Gasteiger partial charge >= 0.3 is 0 Å². The minimum absolute atomic E-state index is 0.0274. The van der Waals surface area contributed by atoms with Crippen molar-refractivity contribution in [1.29, 1.82) is 5.26 Å². The van der Waals surface area contributed by atoms with Gasteiger partial charge in [0, 0.05) is 17.6 Å². The first-order valence-electron chi connectivity index (χ1n) is 5.97. The first-order valence-corrected chi connectivity index (χ1v) is 7.45. The molecule has 104 valence electrons. The van der Waals surface area contributed by atoms with Crippen LogP contribution in [0.25, 0.3) is 11.0 Å². The summed E-state index contributed by atoms with van der Waals surface area (Å²) >= 11 is 0. The van der Waals surface area contributed by atoms with Gasteiger partial charge in [0.1, 0.15) is 11.7 Å². The highest BCUT2D eigenvalue weighted by molar-refractivity contribution is 7.92. The van der Waals surface area contributed by atoms with Gasteiger partial charge in [0.25, 0.3) is 10.0 Å². The zero-order valence-corrected chi connectivity index (χ0v) is 11.5. The number of para-hydroxylation sites is 1. The average molecular weight is 299 g/mol. The van der Waals surface area contributed by atoms with Crippen LogP contribution >= 0.6 is 0 Å². The molecular weight excluding hydrogens is 290 g/mol. The highest BCUT2D eigenvalue weighted by Gasteiger charge is 2.21. The van der Waals surface area contributed by atoms with Gasteiger partial charge in [0.05, 0.1) is 5.56 Å². The maximum atomic E-state index is 12.3. The van der Waals surface area contributed by atoms with Crippen LogP contribution in [-0.2, 0) is 10.0 Å².